The summed E-state index contributed by atoms with van der Waals surface area (Å²) in [6, 6.07) is 9.98. The molecule has 3 aromatic heterocycles. The molecule has 0 unspecified atom stereocenters. The molecule has 20 heavy (non-hydrogen) atoms. The second-order valence-electron chi connectivity index (χ2n) is 5.13. The van der Waals surface area contributed by atoms with Crippen molar-refractivity contribution in [3.8, 4) is 11.4 Å². The van der Waals surface area contributed by atoms with Gasteiger partial charge in [-0.05, 0) is 12.1 Å². The monoisotopic (exact) mass is 264 g/mol. The highest BCUT2D eigenvalue weighted by molar-refractivity contribution is 5.83. The highest BCUT2D eigenvalue weighted by atomic mass is 15.2. The molecule has 1 aliphatic rings. The lowest BCUT2D eigenvalue weighted by Crippen LogP contribution is -2.29. The Morgan fingerprint density at radius 1 is 1.25 bits per heavy atom. The van der Waals surface area contributed by atoms with Gasteiger partial charge in [-0.3, -0.25) is 4.98 Å². The summed E-state index contributed by atoms with van der Waals surface area (Å²) < 4.78 is 29.2. The van der Waals surface area contributed by atoms with Crippen LogP contribution in [0.3, 0.4) is 0 Å². The van der Waals surface area contributed by atoms with Crippen molar-refractivity contribution >= 4 is 16.7 Å². The van der Waals surface area contributed by atoms with E-state index in [0.29, 0.717) is 11.2 Å². The van der Waals surface area contributed by atoms with E-state index in [2.05, 4.69) is 21.7 Å². The molecule has 0 radical (unpaired) electrons. The summed E-state index contributed by atoms with van der Waals surface area (Å²) >= 11 is 0. The topological polar surface area (TPSA) is 26.1 Å². The molecule has 0 saturated heterocycles. The van der Waals surface area contributed by atoms with E-state index in [0.717, 1.165) is 23.4 Å². The summed E-state index contributed by atoms with van der Waals surface area (Å²) in [5.74, 6) is 1.01. The van der Waals surface area contributed by atoms with Crippen molar-refractivity contribution in [2.45, 2.75) is 6.54 Å². The van der Waals surface area contributed by atoms with Crippen LogP contribution in [0.4, 0.5) is 0 Å². The third-order valence-electron chi connectivity index (χ3n) is 4.07. The number of fused-ring (bicyclic) bond motifs is 7. The first-order valence-electron chi connectivity index (χ1n) is 8.04. The van der Waals surface area contributed by atoms with Crippen LogP contribution in [-0.2, 0) is 13.5 Å². The molecule has 0 fully saturated rings. The van der Waals surface area contributed by atoms with E-state index in [9.17, 15) is 0 Å². The van der Waals surface area contributed by atoms with Gasteiger partial charge in [-0.1, -0.05) is 18.2 Å². The quantitative estimate of drug-likeness (QED) is 0.394. The predicted molar refractivity (Wildman–Crippen MR) is 76.4 cm³/mol. The van der Waals surface area contributed by atoms with Gasteiger partial charge < -0.3 is 4.57 Å². The van der Waals surface area contributed by atoms with E-state index < -0.39 is 6.98 Å². The Kier molecular flexibility index (Phi) is 1.29. The highest BCUT2D eigenvalue weighted by Gasteiger charge is 2.32. The number of hydrogen-bond donors (Lipinski definition) is 0. The number of aryl methyl sites for hydroxylation is 1. The molecule has 5 rings (SSSR count). The first-order valence-corrected chi connectivity index (χ1v) is 6.54. The molecule has 0 aliphatic carbocycles. The number of imidazole rings is 2. The first-order chi connectivity index (χ1) is 11.1. The number of nitrogens with zero attached hydrogens (tertiary/aromatic N) is 4. The smallest absolute Gasteiger partial charge is 0.296 e. The maximum Gasteiger partial charge on any atom is 0.296 e. The molecule has 4 heteroatoms. The standard InChI is InChI=1S/C16H13N4/c1-18-13-6-7-17-8-14(13)20-15(18)10-19-9-11-4-2-3-5-12(11)16(19)20/h2-8,10H,9H2,1H3/q+1/i1D3. The number of benzene rings is 1. The van der Waals surface area contributed by atoms with Crippen LogP contribution in [0.25, 0.3) is 28.1 Å². The van der Waals surface area contributed by atoms with E-state index in [1.165, 1.54) is 10.1 Å². The molecule has 1 aliphatic heterocycles. The molecule has 4 aromatic rings. The first kappa shape index (κ1) is 7.85. The van der Waals surface area contributed by atoms with Gasteiger partial charge in [-0.25, -0.2) is 4.57 Å². The minimum absolute atomic E-state index is 0.664. The molecule has 1 aromatic carbocycles. The molecular formula is C16H13N4+. The molecule has 0 saturated carbocycles. The Hall–Kier alpha value is -2.62. The minimum atomic E-state index is -2.24. The Balaban J connectivity index is 2.00. The number of rotatable bonds is 0. The molecule has 0 amide bonds. The Labute approximate surface area is 119 Å². The molecule has 4 heterocycles. The summed E-state index contributed by atoms with van der Waals surface area (Å²) in [5, 5.41) is 0. The lowest BCUT2D eigenvalue weighted by molar-refractivity contribution is -0.670. The maximum absolute atomic E-state index is 7.91. The lowest BCUT2D eigenvalue weighted by Gasteiger charge is -1.92. The summed E-state index contributed by atoms with van der Waals surface area (Å²) in [5.41, 5.74) is 4.53. The Bertz CT molecular complexity index is 1090. The van der Waals surface area contributed by atoms with Gasteiger partial charge in [0.1, 0.15) is 6.54 Å². The van der Waals surface area contributed by atoms with Crippen LogP contribution in [0, 0.1) is 0 Å². The molecule has 4 nitrogen and oxygen atoms in total. The van der Waals surface area contributed by atoms with Crippen molar-refractivity contribution in [3.63, 3.8) is 0 Å². The van der Waals surface area contributed by atoms with Gasteiger partial charge in [-0.2, -0.15) is 4.40 Å². The van der Waals surface area contributed by atoms with E-state index in [1.807, 2.05) is 22.7 Å². The molecule has 0 spiro atoms. The van der Waals surface area contributed by atoms with Gasteiger partial charge in [-0.15, -0.1) is 0 Å². The van der Waals surface area contributed by atoms with Gasteiger partial charge >= 0.3 is 0 Å². The van der Waals surface area contributed by atoms with E-state index in [1.54, 1.807) is 18.5 Å². The highest BCUT2D eigenvalue weighted by Crippen LogP contribution is 2.31. The average Bonchev–Trinajstić information content (AvgIpc) is 3.11. The van der Waals surface area contributed by atoms with Crippen molar-refractivity contribution in [2.24, 2.45) is 6.98 Å². The van der Waals surface area contributed by atoms with Crippen molar-refractivity contribution in [2.75, 3.05) is 0 Å². The summed E-state index contributed by atoms with van der Waals surface area (Å²) in [4.78, 5) is 4.19. The van der Waals surface area contributed by atoms with Crippen LogP contribution in [0.5, 0.6) is 0 Å². The van der Waals surface area contributed by atoms with E-state index in [4.69, 9.17) is 4.11 Å². The SMILES string of the molecule is [2H]C([2H])([2H])n1c2ccncc2n2c3[n+](cc12)Cc1ccccc1-3. The van der Waals surface area contributed by atoms with Crippen LogP contribution < -0.4 is 4.57 Å². The van der Waals surface area contributed by atoms with Crippen molar-refractivity contribution in [1.29, 1.82) is 0 Å². The largest absolute Gasteiger partial charge is 0.305 e. The number of aromatic nitrogens is 4. The van der Waals surface area contributed by atoms with Gasteiger partial charge in [0.2, 0.25) is 5.65 Å². The normalized spacial score (nSPS) is 15.9. The van der Waals surface area contributed by atoms with Crippen LogP contribution in [-0.4, -0.2) is 14.0 Å². The summed E-state index contributed by atoms with van der Waals surface area (Å²) in [6.45, 7) is -1.48. The molecule has 96 valence electrons. The Morgan fingerprint density at radius 3 is 3.15 bits per heavy atom. The van der Waals surface area contributed by atoms with Crippen LogP contribution >= 0.6 is 0 Å². The maximum atomic E-state index is 7.91. The van der Waals surface area contributed by atoms with Gasteiger partial charge in [0, 0.05) is 22.8 Å². The van der Waals surface area contributed by atoms with Gasteiger partial charge in [0.05, 0.1) is 17.3 Å². The van der Waals surface area contributed by atoms with E-state index >= 15 is 0 Å². The van der Waals surface area contributed by atoms with Gasteiger partial charge in [0.15, 0.2) is 11.7 Å². The van der Waals surface area contributed by atoms with Gasteiger partial charge in [0.25, 0.3) is 5.82 Å². The van der Waals surface area contributed by atoms with Crippen molar-refractivity contribution in [3.05, 3.63) is 54.5 Å². The van der Waals surface area contributed by atoms with Crippen LogP contribution in [0.1, 0.15) is 9.68 Å². The third kappa shape index (κ3) is 1.04. The Morgan fingerprint density at radius 2 is 2.20 bits per heavy atom. The molecule has 0 bridgehead atoms. The van der Waals surface area contributed by atoms with Crippen molar-refractivity contribution < 1.29 is 8.68 Å². The van der Waals surface area contributed by atoms with E-state index in [-0.39, 0.29) is 0 Å². The fraction of sp³-hybridized carbons (Fsp3) is 0.125. The zero-order chi connectivity index (χ0) is 15.8. The van der Waals surface area contributed by atoms with Crippen LogP contribution in [0.2, 0.25) is 0 Å². The lowest BCUT2D eigenvalue weighted by atomic mass is 10.1. The average molecular weight is 264 g/mol. The molecule has 0 atom stereocenters. The fourth-order valence-corrected chi connectivity index (χ4v) is 3.21. The number of hydrogen-bond acceptors (Lipinski definition) is 1. The zero-order valence-electron chi connectivity index (χ0n) is 13.6. The number of pyridine rings is 1. The third-order valence-corrected chi connectivity index (χ3v) is 4.07. The second kappa shape index (κ2) is 3.28. The second-order valence-corrected chi connectivity index (χ2v) is 5.13. The minimum Gasteiger partial charge on any atom is -0.305 e. The molecular weight excluding hydrogens is 248 g/mol. The van der Waals surface area contributed by atoms with Crippen LogP contribution in [0.15, 0.2) is 48.9 Å². The van der Waals surface area contributed by atoms with Crippen molar-refractivity contribution in [1.82, 2.24) is 14.0 Å². The summed E-state index contributed by atoms with van der Waals surface area (Å²) in [7, 11) is 0. The predicted octanol–water partition coefficient (Wildman–Crippen LogP) is 2.14. The fourth-order valence-electron chi connectivity index (χ4n) is 3.21. The molecule has 0 N–H and O–H groups in total. The zero-order valence-corrected chi connectivity index (χ0v) is 10.6. The summed E-state index contributed by atoms with van der Waals surface area (Å²) in [6.07, 6.45) is 5.28.